The Bertz CT molecular complexity index is 369. The molecular weight excluding hydrogens is 224 g/mol. The quantitative estimate of drug-likeness (QED) is 0.778. The molecule has 0 heterocycles. The Labute approximate surface area is 110 Å². The van der Waals surface area contributed by atoms with Gasteiger partial charge in [-0.2, -0.15) is 0 Å². The van der Waals surface area contributed by atoms with E-state index in [2.05, 4.69) is 22.8 Å². The molecule has 1 aliphatic rings. The second kappa shape index (κ2) is 5.61. The summed E-state index contributed by atoms with van der Waals surface area (Å²) >= 11 is 0. The summed E-state index contributed by atoms with van der Waals surface area (Å²) < 4.78 is 5.63. The Morgan fingerprint density at radius 1 is 1.17 bits per heavy atom. The molecule has 2 N–H and O–H groups in total. The van der Waals surface area contributed by atoms with E-state index in [1.54, 1.807) is 0 Å². The molecule has 100 valence electrons. The highest BCUT2D eigenvalue weighted by atomic mass is 16.5. The van der Waals surface area contributed by atoms with Crippen LogP contribution < -0.4 is 15.4 Å². The van der Waals surface area contributed by atoms with E-state index in [1.165, 1.54) is 18.5 Å². The summed E-state index contributed by atoms with van der Waals surface area (Å²) in [6.45, 7) is 6.24. The highest BCUT2D eigenvalue weighted by molar-refractivity contribution is 5.46. The first-order valence-electron chi connectivity index (χ1n) is 6.79. The minimum absolute atomic E-state index is 0.231. The van der Waals surface area contributed by atoms with Crippen molar-refractivity contribution in [3.05, 3.63) is 24.3 Å². The van der Waals surface area contributed by atoms with E-state index >= 15 is 0 Å². The Morgan fingerprint density at radius 3 is 2.33 bits per heavy atom. The van der Waals surface area contributed by atoms with Gasteiger partial charge in [0.05, 0.1) is 6.10 Å². The van der Waals surface area contributed by atoms with Crippen molar-refractivity contribution in [1.82, 2.24) is 5.32 Å². The molecule has 0 bridgehead atoms. The van der Waals surface area contributed by atoms with Crippen molar-refractivity contribution in [2.45, 2.75) is 32.8 Å². The number of hydrogen-bond donors (Lipinski definition) is 2. The second-order valence-corrected chi connectivity index (χ2v) is 5.57. The van der Waals surface area contributed by atoms with Crippen LogP contribution in [0.1, 0.15) is 26.7 Å². The van der Waals surface area contributed by atoms with Crippen molar-refractivity contribution in [3.8, 4) is 5.75 Å². The van der Waals surface area contributed by atoms with Crippen molar-refractivity contribution in [2.75, 3.05) is 25.5 Å². The molecule has 1 fully saturated rings. The van der Waals surface area contributed by atoms with Crippen LogP contribution in [0.2, 0.25) is 0 Å². The maximum absolute atomic E-state index is 5.63. The van der Waals surface area contributed by atoms with Crippen LogP contribution in [0.15, 0.2) is 24.3 Å². The minimum atomic E-state index is 0.231. The number of anilines is 1. The zero-order valence-electron chi connectivity index (χ0n) is 11.6. The number of rotatable bonds is 7. The Kier molecular flexibility index (Phi) is 4.12. The van der Waals surface area contributed by atoms with Crippen LogP contribution in [0.4, 0.5) is 5.69 Å². The molecule has 0 spiro atoms. The van der Waals surface area contributed by atoms with E-state index < -0.39 is 0 Å². The average molecular weight is 248 g/mol. The summed E-state index contributed by atoms with van der Waals surface area (Å²) in [6, 6.07) is 8.24. The first-order valence-corrected chi connectivity index (χ1v) is 6.79. The second-order valence-electron chi connectivity index (χ2n) is 5.57. The van der Waals surface area contributed by atoms with Gasteiger partial charge in [-0.05, 0) is 58.0 Å². The summed E-state index contributed by atoms with van der Waals surface area (Å²) in [5.74, 6) is 0.937. The van der Waals surface area contributed by atoms with Crippen molar-refractivity contribution < 1.29 is 4.74 Å². The maximum atomic E-state index is 5.63. The molecule has 0 amide bonds. The lowest BCUT2D eigenvalue weighted by atomic mass is 10.1. The number of benzene rings is 1. The van der Waals surface area contributed by atoms with Gasteiger partial charge in [-0.3, -0.25) is 0 Å². The van der Waals surface area contributed by atoms with E-state index in [1.807, 2.05) is 33.0 Å². The van der Waals surface area contributed by atoms with Crippen LogP contribution in [0.25, 0.3) is 0 Å². The molecule has 3 heteroatoms. The highest BCUT2D eigenvalue weighted by Crippen LogP contribution is 2.44. The van der Waals surface area contributed by atoms with Gasteiger partial charge in [0.1, 0.15) is 5.75 Å². The number of ether oxygens (including phenoxy) is 1. The van der Waals surface area contributed by atoms with Crippen molar-refractivity contribution in [1.29, 1.82) is 0 Å². The molecule has 18 heavy (non-hydrogen) atoms. The summed E-state index contributed by atoms with van der Waals surface area (Å²) in [5.41, 5.74) is 1.66. The molecule has 3 nitrogen and oxygen atoms in total. The van der Waals surface area contributed by atoms with Crippen LogP contribution in [0.5, 0.6) is 5.75 Å². The lowest BCUT2D eigenvalue weighted by Crippen LogP contribution is -2.26. The number of hydrogen-bond acceptors (Lipinski definition) is 3. The van der Waals surface area contributed by atoms with Gasteiger partial charge in [0.25, 0.3) is 0 Å². The van der Waals surface area contributed by atoms with Crippen LogP contribution in [0, 0.1) is 5.41 Å². The van der Waals surface area contributed by atoms with E-state index in [-0.39, 0.29) is 6.10 Å². The molecule has 0 atom stereocenters. The van der Waals surface area contributed by atoms with Gasteiger partial charge in [0.2, 0.25) is 0 Å². The fourth-order valence-electron chi connectivity index (χ4n) is 2.18. The van der Waals surface area contributed by atoms with Gasteiger partial charge < -0.3 is 15.4 Å². The molecule has 1 aromatic rings. The SMILES string of the molecule is CNCC1(CNc2ccc(OC(C)C)cc2)CC1. The summed E-state index contributed by atoms with van der Waals surface area (Å²) in [5, 5.41) is 6.79. The average Bonchev–Trinajstić information content (AvgIpc) is 3.09. The molecule has 1 saturated carbocycles. The van der Waals surface area contributed by atoms with Gasteiger partial charge in [-0.25, -0.2) is 0 Å². The van der Waals surface area contributed by atoms with Crippen molar-refractivity contribution >= 4 is 5.69 Å². The Morgan fingerprint density at radius 2 is 1.83 bits per heavy atom. The third-order valence-corrected chi connectivity index (χ3v) is 3.40. The molecule has 0 aromatic heterocycles. The molecule has 0 radical (unpaired) electrons. The van der Waals surface area contributed by atoms with Gasteiger partial charge in [-0.15, -0.1) is 0 Å². The largest absolute Gasteiger partial charge is 0.491 e. The van der Waals surface area contributed by atoms with Gasteiger partial charge in [0, 0.05) is 24.2 Å². The predicted molar refractivity (Wildman–Crippen MR) is 76.3 cm³/mol. The maximum Gasteiger partial charge on any atom is 0.119 e. The first kappa shape index (κ1) is 13.2. The van der Waals surface area contributed by atoms with E-state index in [0.717, 1.165) is 18.8 Å². The van der Waals surface area contributed by atoms with Crippen LogP contribution in [0.3, 0.4) is 0 Å². The summed E-state index contributed by atoms with van der Waals surface area (Å²) in [4.78, 5) is 0. The van der Waals surface area contributed by atoms with Crippen molar-refractivity contribution in [3.63, 3.8) is 0 Å². The van der Waals surface area contributed by atoms with Gasteiger partial charge in [0.15, 0.2) is 0 Å². The highest BCUT2D eigenvalue weighted by Gasteiger charge is 2.41. The zero-order valence-corrected chi connectivity index (χ0v) is 11.6. The smallest absolute Gasteiger partial charge is 0.119 e. The van der Waals surface area contributed by atoms with Crippen LogP contribution in [-0.4, -0.2) is 26.2 Å². The topological polar surface area (TPSA) is 33.3 Å². The molecule has 0 saturated heterocycles. The molecule has 0 unspecified atom stereocenters. The van der Waals surface area contributed by atoms with E-state index in [9.17, 15) is 0 Å². The third-order valence-electron chi connectivity index (χ3n) is 3.40. The van der Waals surface area contributed by atoms with Crippen LogP contribution in [-0.2, 0) is 0 Å². The molecule has 0 aliphatic heterocycles. The fraction of sp³-hybridized carbons (Fsp3) is 0.600. The van der Waals surface area contributed by atoms with E-state index in [4.69, 9.17) is 4.74 Å². The first-order chi connectivity index (χ1) is 8.63. The molecule has 1 aromatic carbocycles. The van der Waals surface area contributed by atoms with Crippen LogP contribution >= 0.6 is 0 Å². The van der Waals surface area contributed by atoms with Gasteiger partial charge >= 0.3 is 0 Å². The molecule has 2 rings (SSSR count). The minimum Gasteiger partial charge on any atom is -0.491 e. The fourth-order valence-corrected chi connectivity index (χ4v) is 2.18. The number of nitrogens with one attached hydrogen (secondary N) is 2. The Balaban J connectivity index is 1.83. The third kappa shape index (κ3) is 3.64. The molecular formula is C15H24N2O. The monoisotopic (exact) mass is 248 g/mol. The Hall–Kier alpha value is -1.22. The van der Waals surface area contributed by atoms with Crippen molar-refractivity contribution in [2.24, 2.45) is 5.41 Å². The zero-order chi connectivity index (χ0) is 13.0. The summed E-state index contributed by atoms with van der Waals surface area (Å²) in [6.07, 6.45) is 2.89. The normalized spacial score (nSPS) is 16.7. The predicted octanol–water partition coefficient (Wildman–Crippen LogP) is 2.89. The standard InChI is InChI=1S/C15H24N2O/c1-12(2)18-14-6-4-13(5-7-14)17-11-15(8-9-15)10-16-3/h4-7,12,16-17H,8-11H2,1-3H3. The lowest BCUT2D eigenvalue weighted by molar-refractivity contribution is 0.242. The van der Waals surface area contributed by atoms with Gasteiger partial charge in [-0.1, -0.05) is 0 Å². The lowest BCUT2D eigenvalue weighted by Gasteiger charge is -2.16. The molecule has 1 aliphatic carbocycles. The van der Waals surface area contributed by atoms with E-state index in [0.29, 0.717) is 5.41 Å². The summed E-state index contributed by atoms with van der Waals surface area (Å²) in [7, 11) is 2.03.